The Hall–Kier alpha value is -2.42. The highest BCUT2D eigenvalue weighted by atomic mass is 35.5. The summed E-state index contributed by atoms with van der Waals surface area (Å²) in [6.07, 6.45) is 2.15. The summed E-state index contributed by atoms with van der Waals surface area (Å²) in [4.78, 5) is 13.8. The quantitative estimate of drug-likeness (QED) is 0.446. The molecule has 2 aromatic carbocycles. The molecule has 8 heteroatoms. The molecule has 3 aliphatic heterocycles. The summed E-state index contributed by atoms with van der Waals surface area (Å²) < 4.78 is 31.1. The van der Waals surface area contributed by atoms with Crippen molar-refractivity contribution < 1.29 is 28.5 Å². The van der Waals surface area contributed by atoms with Crippen LogP contribution in [0.4, 0.5) is 5.69 Å². The van der Waals surface area contributed by atoms with Crippen molar-refractivity contribution in [1.29, 1.82) is 0 Å². The molecule has 0 saturated carbocycles. The predicted molar refractivity (Wildman–Crippen MR) is 136 cm³/mol. The third kappa shape index (κ3) is 4.44. The average Bonchev–Trinajstić information content (AvgIpc) is 3.17. The van der Waals surface area contributed by atoms with Gasteiger partial charge in [0.2, 0.25) is 5.91 Å². The maximum Gasteiger partial charge on any atom is 0.233 e. The molecule has 5 rings (SSSR count). The minimum atomic E-state index is -1.22. The van der Waals surface area contributed by atoms with Crippen molar-refractivity contribution in [3.63, 3.8) is 0 Å². The Balaban J connectivity index is 1.46. The molecule has 1 spiro atoms. The van der Waals surface area contributed by atoms with Crippen LogP contribution in [0.1, 0.15) is 45.3 Å². The Morgan fingerprint density at radius 2 is 1.92 bits per heavy atom. The average molecular weight is 514 g/mol. The van der Waals surface area contributed by atoms with E-state index in [9.17, 15) is 4.79 Å². The third-order valence-corrected chi connectivity index (χ3v) is 7.55. The van der Waals surface area contributed by atoms with Crippen molar-refractivity contribution in [1.82, 2.24) is 0 Å². The number of hydrogen-bond acceptors (Lipinski definition) is 6. The minimum absolute atomic E-state index is 0.207. The number of carbonyl (C=O) groups excluding carboxylic acids is 1. The van der Waals surface area contributed by atoms with E-state index in [1.165, 1.54) is 0 Å². The zero-order valence-electron chi connectivity index (χ0n) is 20.8. The molecule has 2 bridgehead atoms. The van der Waals surface area contributed by atoms with Gasteiger partial charge in [-0.1, -0.05) is 35.9 Å². The second-order valence-corrected chi connectivity index (χ2v) is 10.2. The minimum Gasteiger partial charge on any atom is -0.494 e. The van der Waals surface area contributed by atoms with E-state index in [1.807, 2.05) is 62.4 Å². The lowest BCUT2D eigenvalue weighted by Crippen LogP contribution is -2.48. The number of carbonyl (C=O) groups is 1. The first-order valence-corrected chi connectivity index (χ1v) is 12.7. The Morgan fingerprint density at radius 3 is 2.61 bits per heavy atom. The third-order valence-electron chi connectivity index (χ3n) is 7.20. The molecule has 3 fully saturated rings. The molecule has 0 aliphatic carbocycles. The van der Waals surface area contributed by atoms with E-state index in [1.54, 1.807) is 13.0 Å². The molecule has 3 aliphatic rings. The summed E-state index contributed by atoms with van der Waals surface area (Å²) in [6.45, 7) is 10.2. The second kappa shape index (κ2) is 9.47. The van der Waals surface area contributed by atoms with Gasteiger partial charge in [0.15, 0.2) is 17.4 Å². The van der Waals surface area contributed by atoms with Gasteiger partial charge in [-0.05, 0) is 56.7 Å². The van der Waals surface area contributed by atoms with Crippen molar-refractivity contribution >= 4 is 23.2 Å². The first kappa shape index (κ1) is 25.2. The van der Waals surface area contributed by atoms with E-state index in [4.69, 9.17) is 35.3 Å². The van der Waals surface area contributed by atoms with Crippen molar-refractivity contribution in [3.8, 4) is 5.75 Å². The molecule has 192 valence electrons. The van der Waals surface area contributed by atoms with Crippen LogP contribution in [-0.4, -0.2) is 36.5 Å². The maximum atomic E-state index is 13.8. The van der Waals surface area contributed by atoms with Gasteiger partial charge in [-0.15, -0.1) is 6.58 Å². The van der Waals surface area contributed by atoms with Crippen LogP contribution in [0.15, 0.2) is 61.2 Å². The van der Waals surface area contributed by atoms with Gasteiger partial charge < -0.3 is 29.0 Å². The normalized spacial score (nSPS) is 34.7. The maximum absolute atomic E-state index is 13.8. The van der Waals surface area contributed by atoms with Gasteiger partial charge in [-0.25, -0.2) is 0 Å². The monoisotopic (exact) mass is 513 g/mol. The highest BCUT2D eigenvalue weighted by Gasteiger charge is 2.73. The van der Waals surface area contributed by atoms with E-state index in [0.29, 0.717) is 30.2 Å². The summed E-state index contributed by atoms with van der Waals surface area (Å²) in [5.41, 5.74) is 1.53. The lowest BCUT2D eigenvalue weighted by Gasteiger charge is -2.43. The van der Waals surface area contributed by atoms with E-state index >= 15 is 0 Å². The smallest absolute Gasteiger partial charge is 0.233 e. The summed E-state index contributed by atoms with van der Waals surface area (Å²) in [5, 5.41) is 3.66. The van der Waals surface area contributed by atoms with Gasteiger partial charge in [0.1, 0.15) is 11.7 Å². The predicted octanol–water partition coefficient (Wildman–Crippen LogP) is 5.85. The van der Waals surface area contributed by atoms with Crippen LogP contribution in [-0.2, 0) is 23.7 Å². The number of nitrogens with one attached hydrogen (secondary N) is 1. The number of fused-ring (bicyclic) bond motifs is 1. The van der Waals surface area contributed by atoms with E-state index in [0.717, 1.165) is 11.3 Å². The van der Waals surface area contributed by atoms with Gasteiger partial charge in [-0.3, -0.25) is 4.79 Å². The lowest BCUT2D eigenvalue weighted by molar-refractivity contribution is -0.402. The number of ether oxygens (including phenoxy) is 5. The highest BCUT2D eigenvalue weighted by molar-refractivity contribution is 6.31. The van der Waals surface area contributed by atoms with Crippen molar-refractivity contribution in [2.24, 2.45) is 11.8 Å². The van der Waals surface area contributed by atoms with Gasteiger partial charge >= 0.3 is 0 Å². The van der Waals surface area contributed by atoms with E-state index in [-0.39, 0.29) is 24.5 Å². The van der Waals surface area contributed by atoms with Crippen LogP contribution < -0.4 is 10.1 Å². The number of anilines is 1. The molecule has 36 heavy (non-hydrogen) atoms. The first-order valence-electron chi connectivity index (χ1n) is 12.3. The van der Waals surface area contributed by atoms with Crippen LogP contribution in [0.25, 0.3) is 0 Å². The molecule has 1 amide bonds. The Morgan fingerprint density at radius 1 is 1.17 bits per heavy atom. The molecule has 7 nitrogen and oxygen atoms in total. The molecular weight excluding hydrogens is 482 g/mol. The molecule has 2 aromatic rings. The molecule has 3 heterocycles. The molecule has 1 N–H and O–H groups in total. The Bertz CT molecular complexity index is 1140. The van der Waals surface area contributed by atoms with Gasteiger partial charge in [0.25, 0.3) is 0 Å². The second-order valence-electron chi connectivity index (χ2n) is 9.83. The van der Waals surface area contributed by atoms with Crippen LogP contribution in [0.5, 0.6) is 5.75 Å². The van der Waals surface area contributed by atoms with Crippen LogP contribution in [0.3, 0.4) is 0 Å². The fourth-order valence-corrected chi connectivity index (χ4v) is 6.14. The van der Waals surface area contributed by atoms with Crippen molar-refractivity contribution in [2.45, 2.75) is 57.1 Å². The SMILES string of the molecule is C=CCO[C@]1(C)O[C@@]23C[C@@H](c4ccccc4Cl)O[C@@](C)(CC2[C@H]1C(=O)Nc1ccc(OCC)cc1)O3. The van der Waals surface area contributed by atoms with Crippen LogP contribution in [0.2, 0.25) is 5.02 Å². The molecule has 1 unspecified atom stereocenters. The zero-order valence-corrected chi connectivity index (χ0v) is 21.5. The van der Waals surface area contributed by atoms with Gasteiger partial charge in [0, 0.05) is 29.5 Å². The number of amides is 1. The van der Waals surface area contributed by atoms with E-state index < -0.39 is 23.3 Å². The molecule has 6 atom stereocenters. The fraction of sp³-hybridized carbons (Fsp3) is 0.464. The first-order chi connectivity index (χ1) is 17.2. The van der Waals surface area contributed by atoms with Gasteiger partial charge in [0.05, 0.1) is 19.3 Å². The number of benzene rings is 2. The summed E-state index contributed by atoms with van der Waals surface area (Å²) in [5.74, 6) is -3.63. The Kier molecular flexibility index (Phi) is 6.64. The lowest BCUT2D eigenvalue weighted by atomic mass is 9.80. The molecular formula is C28H32ClNO6. The van der Waals surface area contributed by atoms with E-state index in [2.05, 4.69) is 11.9 Å². The Labute approximate surface area is 216 Å². The van der Waals surface area contributed by atoms with Crippen LogP contribution >= 0.6 is 11.6 Å². The summed E-state index contributed by atoms with van der Waals surface area (Å²) in [7, 11) is 0. The summed E-state index contributed by atoms with van der Waals surface area (Å²) in [6, 6.07) is 14.9. The molecule has 0 aromatic heterocycles. The largest absolute Gasteiger partial charge is 0.494 e. The number of halogens is 1. The number of hydrogen-bond donors (Lipinski definition) is 1. The molecule has 3 saturated heterocycles. The number of rotatable bonds is 8. The fourth-order valence-electron chi connectivity index (χ4n) is 5.88. The zero-order chi connectivity index (χ0) is 25.6. The van der Waals surface area contributed by atoms with Crippen molar-refractivity contribution in [2.75, 3.05) is 18.5 Å². The highest BCUT2D eigenvalue weighted by Crippen LogP contribution is 2.64. The van der Waals surface area contributed by atoms with Crippen molar-refractivity contribution in [3.05, 3.63) is 71.8 Å². The molecule has 0 radical (unpaired) electrons. The van der Waals surface area contributed by atoms with Crippen LogP contribution in [0, 0.1) is 11.8 Å². The standard InChI is InChI=1S/C28H32ClNO6/c1-5-15-33-27(4)24(25(31)30-18-11-13-19(14-12-18)32-6-2)21-16-26(3)34-23(17-28(21,35-26)36-27)20-9-7-8-10-22(20)29/h5,7-14,21,23-24H,1,6,15-17H2,2-4H3,(H,30,31)/t21?,23-,24-,26+,27+,28-/m0/s1. The topological polar surface area (TPSA) is 75.3 Å². The van der Waals surface area contributed by atoms with Gasteiger partial charge in [-0.2, -0.15) is 0 Å². The summed E-state index contributed by atoms with van der Waals surface area (Å²) >= 11 is 6.51.